The first-order chi connectivity index (χ1) is 16.4. The topological polar surface area (TPSA) is 55.1 Å². The molecule has 4 aromatic rings. The highest BCUT2D eigenvalue weighted by Crippen LogP contribution is 2.24. The maximum atomic E-state index is 12.6. The van der Waals surface area contributed by atoms with Crippen molar-refractivity contribution in [1.29, 1.82) is 0 Å². The third-order valence-corrected chi connectivity index (χ3v) is 5.66. The van der Waals surface area contributed by atoms with Crippen molar-refractivity contribution in [2.24, 2.45) is 5.73 Å². The average molecular weight is 532 g/mol. The lowest BCUT2D eigenvalue weighted by Crippen LogP contribution is -2.23. The van der Waals surface area contributed by atoms with Gasteiger partial charge in [-0.2, -0.15) is 0 Å². The average Bonchev–Trinajstić information content (AvgIpc) is 2.82. The van der Waals surface area contributed by atoms with Gasteiger partial charge in [0.05, 0.1) is 0 Å². The number of carbonyl (C=O) groups excluding carboxylic acids is 1. The minimum absolute atomic E-state index is 0.134. The van der Waals surface area contributed by atoms with Crippen molar-refractivity contribution < 1.29 is 4.79 Å². The Bertz CT molecular complexity index is 1220. The van der Waals surface area contributed by atoms with E-state index in [1.54, 1.807) is 36.4 Å². The lowest BCUT2D eigenvalue weighted by atomic mass is 9.99. The summed E-state index contributed by atoms with van der Waals surface area (Å²) in [5, 5.41) is 5.29. The van der Waals surface area contributed by atoms with E-state index in [2.05, 4.69) is 5.32 Å². The van der Waals surface area contributed by atoms with Gasteiger partial charge < -0.3 is 11.1 Å². The minimum Gasteiger partial charge on any atom is -0.348 e. The third-order valence-electron chi connectivity index (χ3n) is 4.79. The van der Waals surface area contributed by atoms with E-state index < -0.39 is 0 Å². The van der Waals surface area contributed by atoms with E-state index in [0.717, 1.165) is 22.3 Å². The SMILES string of the molecule is NCc1cc(Cl)cc(Cl)c1.O=C(NCc1cc(Cl)cc(Cl)c1)c1ccccc1-c1ccccc1. The van der Waals surface area contributed by atoms with Crippen molar-refractivity contribution >= 4 is 52.3 Å². The summed E-state index contributed by atoms with van der Waals surface area (Å²) in [5.74, 6) is -0.134. The number of carbonyl (C=O) groups is 1. The van der Waals surface area contributed by atoms with E-state index in [9.17, 15) is 4.79 Å². The van der Waals surface area contributed by atoms with Crippen LogP contribution in [0.1, 0.15) is 21.5 Å². The van der Waals surface area contributed by atoms with Gasteiger partial charge in [0.1, 0.15) is 0 Å². The largest absolute Gasteiger partial charge is 0.348 e. The summed E-state index contributed by atoms with van der Waals surface area (Å²) in [7, 11) is 0. The molecule has 0 aliphatic carbocycles. The normalized spacial score (nSPS) is 10.3. The number of benzene rings is 4. The number of hydrogen-bond acceptors (Lipinski definition) is 2. The van der Waals surface area contributed by atoms with Crippen LogP contribution in [0, 0.1) is 0 Å². The van der Waals surface area contributed by atoms with Gasteiger partial charge in [0, 0.05) is 38.7 Å². The van der Waals surface area contributed by atoms with Crippen LogP contribution in [0.25, 0.3) is 11.1 Å². The summed E-state index contributed by atoms with van der Waals surface area (Å²) < 4.78 is 0. The molecular weight excluding hydrogens is 510 g/mol. The summed E-state index contributed by atoms with van der Waals surface area (Å²) >= 11 is 23.4. The molecule has 0 heterocycles. The van der Waals surface area contributed by atoms with Crippen molar-refractivity contribution in [2.75, 3.05) is 0 Å². The second-order valence-electron chi connectivity index (χ2n) is 7.35. The second kappa shape index (κ2) is 12.8. The molecule has 174 valence electrons. The van der Waals surface area contributed by atoms with Gasteiger partial charge in [-0.25, -0.2) is 0 Å². The first-order valence-electron chi connectivity index (χ1n) is 10.4. The van der Waals surface area contributed by atoms with Gasteiger partial charge in [0.15, 0.2) is 0 Å². The standard InChI is InChI=1S/C20H15Cl2NO.C7H7Cl2N/c21-16-10-14(11-17(22)12-16)13-23-20(24)19-9-5-4-8-18(19)15-6-2-1-3-7-15;8-6-1-5(4-10)2-7(9)3-6/h1-12H,13H2,(H,23,24);1-3H,4,10H2. The Hall–Kier alpha value is -2.53. The zero-order valence-electron chi connectivity index (χ0n) is 18.1. The molecule has 0 bridgehead atoms. The summed E-state index contributed by atoms with van der Waals surface area (Å²) in [6.07, 6.45) is 0. The number of rotatable bonds is 5. The van der Waals surface area contributed by atoms with Crippen molar-refractivity contribution in [1.82, 2.24) is 5.32 Å². The van der Waals surface area contributed by atoms with E-state index >= 15 is 0 Å². The second-order valence-corrected chi connectivity index (χ2v) is 9.10. The van der Waals surface area contributed by atoms with Crippen LogP contribution in [0.2, 0.25) is 20.1 Å². The Morgan fingerprint density at radius 2 is 1.18 bits per heavy atom. The highest BCUT2D eigenvalue weighted by Gasteiger charge is 2.12. The molecule has 4 aromatic carbocycles. The molecule has 0 unspecified atom stereocenters. The maximum Gasteiger partial charge on any atom is 0.252 e. The third kappa shape index (κ3) is 7.76. The van der Waals surface area contributed by atoms with Crippen LogP contribution < -0.4 is 11.1 Å². The molecule has 0 aliphatic heterocycles. The molecule has 4 rings (SSSR count). The number of hydrogen-bond donors (Lipinski definition) is 2. The van der Waals surface area contributed by atoms with Crippen LogP contribution in [0.15, 0.2) is 91.0 Å². The van der Waals surface area contributed by atoms with Crippen molar-refractivity contribution in [3.05, 3.63) is 128 Å². The van der Waals surface area contributed by atoms with Crippen molar-refractivity contribution in [3.8, 4) is 11.1 Å². The van der Waals surface area contributed by atoms with Crippen molar-refractivity contribution in [3.63, 3.8) is 0 Å². The highest BCUT2D eigenvalue weighted by molar-refractivity contribution is 6.35. The Morgan fingerprint density at radius 3 is 1.74 bits per heavy atom. The molecule has 0 atom stereocenters. The molecule has 0 aromatic heterocycles. The molecule has 0 spiro atoms. The fourth-order valence-electron chi connectivity index (χ4n) is 3.27. The lowest BCUT2D eigenvalue weighted by Gasteiger charge is -2.11. The molecule has 0 saturated carbocycles. The molecule has 34 heavy (non-hydrogen) atoms. The molecule has 1 amide bonds. The fraction of sp³-hybridized carbons (Fsp3) is 0.0741. The van der Waals surface area contributed by atoms with Crippen LogP contribution in [0.3, 0.4) is 0 Å². The summed E-state index contributed by atoms with van der Waals surface area (Å²) in [5.41, 5.74) is 9.73. The first kappa shape index (κ1) is 26.1. The van der Waals surface area contributed by atoms with Crippen LogP contribution in [-0.2, 0) is 13.1 Å². The Labute approximate surface area is 219 Å². The van der Waals surface area contributed by atoms with E-state index in [4.69, 9.17) is 52.1 Å². The molecule has 3 N–H and O–H groups in total. The number of amides is 1. The van der Waals surface area contributed by atoms with Crippen LogP contribution >= 0.6 is 46.4 Å². The smallest absolute Gasteiger partial charge is 0.252 e. The Kier molecular flexibility index (Phi) is 9.82. The van der Waals surface area contributed by atoms with Gasteiger partial charge in [-0.15, -0.1) is 0 Å². The van der Waals surface area contributed by atoms with E-state index in [-0.39, 0.29) is 5.91 Å². The predicted molar refractivity (Wildman–Crippen MR) is 144 cm³/mol. The first-order valence-corrected chi connectivity index (χ1v) is 11.9. The van der Waals surface area contributed by atoms with Crippen LogP contribution in [0.5, 0.6) is 0 Å². The summed E-state index contributed by atoms with van der Waals surface area (Å²) in [4.78, 5) is 12.6. The molecule has 7 heteroatoms. The highest BCUT2D eigenvalue weighted by atomic mass is 35.5. The van der Waals surface area contributed by atoms with Gasteiger partial charge in [-0.3, -0.25) is 4.79 Å². The van der Waals surface area contributed by atoms with Crippen molar-refractivity contribution in [2.45, 2.75) is 13.1 Å². The zero-order chi connectivity index (χ0) is 24.5. The minimum atomic E-state index is -0.134. The molecule has 3 nitrogen and oxygen atoms in total. The van der Waals surface area contributed by atoms with Gasteiger partial charge in [-0.05, 0) is 64.7 Å². The number of nitrogens with one attached hydrogen (secondary N) is 1. The van der Waals surface area contributed by atoms with Crippen LogP contribution in [0.4, 0.5) is 0 Å². The quantitative estimate of drug-likeness (QED) is 0.273. The van der Waals surface area contributed by atoms with Gasteiger partial charge in [-0.1, -0.05) is 94.9 Å². The molecular formula is C27H22Cl4N2O. The van der Waals surface area contributed by atoms with E-state index in [0.29, 0.717) is 38.7 Å². The van der Waals surface area contributed by atoms with E-state index in [1.165, 1.54) is 0 Å². The number of halogens is 4. The summed E-state index contributed by atoms with van der Waals surface area (Å²) in [6, 6.07) is 27.9. The molecule has 0 radical (unpaired) electrons. The van der Waals surface area contributed by atoms with Gasteiger partial charge in [0.25, 0.3) is 5.91 Å². The van der Waals surface area contributed by atoms with E-state index in [1.807, 2.05) is 54.6 Å². The number of nitrogens with two attached hydrogens (primary N) is 1. The molecule has 0 fully saturated rings. The van der Waals surface area contributed by atoms with Crippen LogP contribution in [-0.4, -0.2) is 5.91 Å². The fourth-order valence-corrected chi connectivity index (χ4v) is 4.41. The maximum absolute atomic E-state index is 12.6. The Balaban J connectivity index is 0.000000271. The summed E-state index contributed by atoms with van der Waals surface area (Å²) in [6.45, 7) is 0.836. The lowest BCUT2D eigenvalue weighted by molar-refractivity contribution is 0.0951. The Morgan fingerprint density at radius 1 is 0.676 bits per heavy atom. The zero-order valence-corrected chi connectivity index (χ0v) is 21.1. The van der Waals surface area contributed by atoms with Gasteiger partial charge >= 0.3 is 0 Å². The predicted octanol–water partition coefficient (Wildman–Crippen LogP) is 8.04. The molecule has 0 saturated heterocycles. The monoisotopic (exact) mass is 530 g/mol. The molecule has 0 aliphatic rings. The van der Waals surface area contributed by atoms with Gasteiger partial charge in [0.2, 0.25) is 0 Å².